The third-order valence-corrected chi connectivity index (χ3v) is 5.37. The first-order chi connectivity index (χ1) is 11.6. The Kier molecular flexibility index (Phi) is 5.48. The molecule has 0 radical (unpaired) electrons. The highest BCUT2D eigenvalue weighted by molar-refractivity contribution is 9.10. The van der Waals surface area contributed by atoms with Gasteiger partial charge in [0.1, 0.15) is 18.7 Å². The fourth-order valence-corrected chi connectivity index (χ4v) is 3.83. The molecule has 12 heteroatoms. The van der Waals surface area contributed by atoms with E-state index < -0.39 is 0 Å². The van der Waals surface area contributed by atoms with Crippen LogP contribution in [0, 0.1) is 5.82 Å². The number of hydrogen-bond donors (Lipinski definition) is 1. The van der Waals surface area contributed by atoms with Crippen LogP contribution in [0.4, 0.5) is 9.52 Å². The Morgan fingerprint density at radius 2 is 2.29 bits per heavy atom. The van der Waals surface area contributed by atoms with Gasteiger partial charge >= 0.3 is 0 Å². The lowest BCUT2D eigenvalue weighted by Gasteiger charge is -2.02. The van der Waals surface area contributed by atoms with Crippen LogP contribution in [0.3, 0.4) is 0 Å². The maximum absolute atomic E-state index is 13.9. The molecule has 3 aromatic rings. The molecule has 0 unspecified atom stereocenters. The number of benzene rings is 1. The van der Waals surface area contributed by atoms with Crippen LogP contribution in [0.5, 0.6) is 0 Å². The third kappa shape index (κ3) is 4.33. The number of aromatic nitrogens is 6. The molecule has 0 atom stereocenters. The van der Waals surface area contributed by atoms with Gasteiger partial charge in [0.2, 0.25) is 11.0 Å². The van der Waals surface area contributed by atoms with Crippen LogP contribution in [0.1, 0.15) is 5.56 Å². The van der Waals surface area contributed by atoms with Crippen molar-refractivity contribution in [2.45, 2.75) is 16.6 Å². The van der Waals surface area contributed by atoms with Gasteiger partial charge < -0.3 is 0 Å². The number of carbonyl (C=O) groups is 1. The van der Waals surface area contributed by atoms with Crippen molar-refractivity contribution in [3.8, 4) is 0 Å². The molecule has 0 aliphatic rings. The minimum atomic E-state index is -0.312. The molecule has 3 rings (SSSR count). The second-order valence-corrected chi connectivity index (χ2v) is 7.48. The molecule has 1 aromatic carbocycles. The van der Waals surface area contributed by atoms with Crippen molar-refractivity contribution in [1.29, 1.82) is 0 Å². The van der Waals surface area contributed by atoms with Crippen molar-refractivity contribution in [2.75, 3.05) is 5.32 Å². The highest BCUT2D eigenvalue weighted by Gasteiger charge is 2.11. The van der Waals surface area contributed by atoms with E-state index in [1.165, 1.54) is 34.1 Å². The van der Waals surface area contributed by atoms with Gasteiger partial charge in [-0.25, -0.2) is 9.07 Å². The molecule has 0 aliphatic carbocycles. The van der Waals surface area contributed by atoms with Crippen molar-refractivity contribution < 1.29 is 9.18 Å². The van der Waals surface area contributed by atoms with Gasteiger partial charge in [-0.15, -0.1) is 15.3 Å². The van der Waals surface area contributed by atoms with Gasteiger partial charge in [-0.2, -0.15) is 0 Å². The summed E-state index contributed by atoms with van der Waals surface area (Å²) in [6, 6.07) is 5.13. The van der Waals surface area contributed by atoms with E-state index in [1.54, 1.807) is 18.2 Å². The standard InChI is InChI=1S/C12H9BrFN7OS2/c13-8-3-1-2-7(10(8)14)5-23-12-18-17-11(24-12)16-9(22)4-21-6-15-19-20-21/h1-3,6H,4-5H2,(H,16,17,22). The van der Waals surface area contributed by atoms with Crippen LogP contribution in [0.15, 0.2) is 33.3 Å². The second-order valence-electron chi connectivity index (χ2n) is 4.43. The lowest BCUT2D eigenvalue weighted by molar-refractivity contribution is -0.116. The quantitative estimate of drug-likeness (QED) is 0.474. The number of hydrogen-bond acceptors (Lipinski definition) is 8. The summed E-state index contributed by atoms with van der Waals surface area (Å²) in [4.78, 5) is 11.8. The molecule has 2 heterocycles. The summed E-state index contributed by atoms with van der Waals surface area (Å²) in [5, 5.41) is 21.3. The predicted octanol–water partition coefficient (Wildman–Crippen LogP) is 2.36. The zero-order valence-electron chi connectivity index (χ0n) is 11.9. The van der Waals surface area contributed by atoms with Crippen molar-refractivity contribution in [3.63, 3.8) is 0 Å². The number of halogens is 2. The van der Waals surface area contributed by atoms with Crippen LogP contribution in [0.2, 0.25) is 0 Å². The molecule has 0 fully saturated rings. The van der Waals surface area contributed by atoms with Crippen LogP contribution < -0.4 is 5.32 Å². The van der Waals surface area contributed by atoms with Crippen molar-refractivity contribution in [3.05, 3.63) is 40.4 Å². The highest BCUT2D eigenvalue weighted by atomic mass is 79.9. The molecule has 0 spiro atoms. The molecule has 1 amide bonds. The van der Waals surface area contributed by atoms with Gasteiger partial charge in [0.25, 0.3) is 0 Å². The zero-order chi connectivity index (χ0) is 16.9. The lowest BCUT2D eigenvalue weighted by atomic mass is 10.2. The van der Waals surface area contributed by atoms with Crippen LogP contribution in [-0.4, -0.2) is 36.3 Å². The first kappa shape index (κ1) is 16.9. The van der Waals surface area contributed by atoms with Gasteiger partial charge in [0, 0.05) is 5.75 Å². The largest absolute Gasteiger partial charge is 0.299 e. The summed E-state index contributed by atoms with van der Waals surface area (Å²) in [5.41, 5.74) is 0.564. The van der Waals surface area contributed by atoms with Crippen LogP contribution >= 0.6 is 39.0 Å². The number of nitrogens with zero attached hydrogens (tertiary/aromatic N) is 6. The van der Waals surface area contributed by atoms with Gasteiger partial charge in [0.05, 0.1) is 4.47 Å². The monoisotopic (exact) mass is 429 g/mol. The highest BCUT2D eigenvalue weighted by Crippen LogP contribution is 2.30. The molecule has 0 saturated carbocycles. The van der Waals surface area contributed by atoms with E-state index in [1.807, 2.05) is 0 Å². The SMILES string of the molecule is O=C(Cn1cnnn1)Nc1nnc(SCc2cccc(Br)c2F)s1. The summed E-state index contributed by atoms with van der Waals surface area (Å²) in [5.74, 6) is -0.184. The average Bonchev–Trinajstić information content (AvgIpc) is 3.21. The number of amides is 1. The van der Waals surface area contributed by atoms with E-state index in [0.29, 0.717) is 25.3 Å². The molecule has 8 nitrogen and oxygen atoms in total. The topological polar surface area (TPSA) is 98.5 Å². The third-order valence-electron chi connectivity index (χ3n) is 2.73. The first-order valence-corrected chi connectivity index (χ1v) is 9.11. The van der Waals surface area contributed by atoms with Gasteiger partial charge in [-0.3, -0.25) is 10.1 Å². The normalized spacial score (nSPS) is 10.8. The van der Waals surface area contributed by atoms with Crippen LogP contribution in [0.25, 0.3) is 0 Å². The Bertz CT molecular complexity index is 842. The molecule has 0 bridgehead atoms. The Morgan fingerprint density at radius 3 is 3.08 bits per heavy atom. The Morgan fingerprint density at radius 1 is 1.42 bits per heavy atom. The predicted molar refractivity (Wildman–Crippen MR) is 90.0 cm³/mol. The summed E-state index contributed by atoms with van der Waals surface area (Å²) >= 11 is 5.72. The fourth-order valence-electron chi connectivity index (χ4n) is 1.68. The van der Waals surface area contributed by atoms with Crippen molar-refractivity contribution in [2.24, 2.45) is 0 Å². The Balaban J connectivity index is 1.55. The molecular formula is C12H9BrFN7OS2. The lowest BCUT2D eigenvalue weighted by Crippen LogP contribution is -2.19. The van der Waals surface area contributed by atoms with Crippen molar-refractivity contribution in [1.82, 2.24) is 30.4 Å². The maximum atomic E-state index is 13.9. The Labute approximate surface area is 152 Å². The summed E-state index contributed by atoms with van der Waals surface area (Å²) < 4.78 is 16.2. The summed E-state index contributed by atoms with van der Waals surface area (Å²) in [6.45, 7) is -0.0156. The first-order valence-electron chi connectivity index (χ1n) is 6.51. The van der Waals surface area contributed by atoms with Gasteiger partial charge in [-0.05, 0) is 38.0 Å². The van der Waals surface area contributed by atoms with Gasteiger partial charge in [-0.1, -0.05) is 35.2 Å². The smallest absolute Gasteiger partial charge is 0.248 e. The number of carbonyl (C=O) groups excluding carboxylic acids is 1. The maximum Gasteiger partial charge on any atom is 0.248 e. The number of rotatable bonds is 6. The summed E-state index contributed by atoms with van der Waals surface area (Å²) in [6.07, 6.45) is 1.34. The second kappa shape index (κ2) is 7.77. The van der Waals surface area contributed by atoms with E-state index >= 15 is 0 Å². The van der Waals surface area contributed by atoms with Gasteiger partial charge in [0.15, 0.2) is 4.34 Å². The minimum Gasteiger partial charge on any atom is -0.299 e. The van der Waals surface area contributed by atoms with E-state index in [-0.39, 0.29) is 18.3 Å². The molecular weight excluding hydrogens is 421 g/mol. The molecule has 24 heavy (non-hydrogen) atoms. The number of nitrogens with one attached hydrogen (secondary N) is 1. The Hall–Kier alpha value is -1.92. The molecule has 124 valence electrons. The molecule has 2 aromatic heterocycles. The van der Waals surface area contributed by atoms with E-state index in [9.17, 15) is 9.18 Å². The number of anilines is 1. The number of thioether (sulfide) groups is 1. The fraction of sp³-hybridized carbons (Fsp3) is 0.167. The molecule has 0 aliphatic heterocycles. The molecule has 1 N–H and O–H groups in total. The zero-order valence-corrected chi connectivity index (χ0v) is 15.1. The average molecular weight is 430 g/mol. The number of tetrazole rings is 1. The van der Waals surface area contributed by atoms with Crippen LogP contribution in [-0.2, 0) is 17.1 Å². The molecule has 0 saturated heterocycles. The van der Waals surface area contributed by atoms with E-state index in [4.69, 9.17) is 0 Å². The minimum absolute atomic E-state index is 0.0156. The van der Waals surface area contributed by atoms with E-state index in [0.717, 1.165) is 0 Å². The van der Waals surface area contributed by atoms with E-state index in [2.05, 4.69) is 47.0 Å². The van der Waals surface area contributed by atoms with Crippen molar-refractivity contribution >= 4 is 50.1 Å². The summed E-state index contributed by atoms with van der Waals surface area (Å²) in [7, 11) is 0.